The van der Waals surface area contributed by atoms with E-state index >= 15 is 0 Å². The molecule has 12 heteroatoms. The van der Waals surface area contributed by atoms with Gasteiger partial charge in [-0.3, -0.25) is 0 Å². The van der Waals surface area contributed by atoms with Gasteiger partial charge < -0.3 is 15.0 Å². The summed E-state index contributed by atoms with van der Waals surface area (Å²) in [6, 6.07) is 11.7. The van der Waals surface area contributed by atoms with Gasteiger partial charge in [-0.25, -0.2) is 21.8 Å². The van der Waals surface area contributed by atoms with Crippen molar-refractivity contribution >= 4 is 43.4 Å². The fraction of sp³-hybridized carbons (Fsp3) is 0.536. The molecule has 1 saturated heterocycles. The minimum atomic E-state index is -3.21. The topological polar surface area (TPSA) is 118 Å². The van der Waals surface area contributed by atoms with E-state index in [1.165, 1.54) is 0 Å². The highest BCUT2D eigenvalue weighted by atomic mass is 35.5. The molecule has 1 aliphatic heterocycles. The normalized spacial score (nSPS) is 17.4. The first-order valence-electron chi connectivity index (χ1n) is 13.7. The Bertz CT molecular complexity index is 1460. The van der Waals surface area contributed by atoms with Crippen molar-refractivity contribution < 1.29 is 21.6 Å². The van der Waals surface area contributed by atoms with E-state index < -0.39 is 19.7 Å². The number of sulfone groups is 2. The lowest BCUT2D eigenvalue weighted by molar-refractivity contribution is 0.0626. The highest BCUT2D eigenvalue weighted by Crippen LogP contribution is 2.38. The number of aromatic nitrogens is 2. The van der Waals surface area contributed by atoms with Crippen LogP contribution in [0, 0.1) is 5.92 Å². The molecule has 8 nitrogen and oxygen atoms in total. The number of hydrogen-bond acceptors (Lipinski definition) is 8. The Morgan fingerprint density at radius 1 is 1.05 bits per heavy atom. The molecule has 0 spiro atoms. The molecule has 0 bridgehead atoms. The van der Waals surface area contributed by atoms with Crippen LogP contribution in [0.2, 0.25) is 0 Å². The summed E-state index contributed by atoms with van der Waals surface area (Å²) in [6.07, 6.45) is 6.38. The van der Waals surface area contributed by atoms with E-state index in [-0.39, 0.29) is 35.1 Å². The molecule has 2 aromatic heterocycles. The van der Waals surface area contributed by atoms with Crippen molar-refractivity contribution in [3.8, 4) is 10.7 Å². The largest absolute Gasteiger partial charge is 0.381 e. The molecule has 5 rings (SSSR count). The fourth-order valence-corrected chi connectivity index (χ4v) is 8.32. The molecule has 2 aliphatic rings. The highest BCUT2D eigenvalue weighted by molar-refractivity contribution is 7.92. The van der Waals surface area contributed by atoms with Crippen LogP contribution >= 0.6 is 23.7 Å². The van der Waals surface area contributed by atoms with Gasteiger partial charge in [-0.05, 0) is 67.9 Å². The van der Waals surface area contributed by atoms with Gasteiger partial charge in [0, 0.05) is 54.7 Å². The third-order valence-corrected chi connectivity index (χ3v) is 12.7. The molecular formula is C28H38ClN3O5S3. The first kappa shape index (κ1) is 31.2. The summed E-state index contributed by atoms with van der Waals surface area (Å²) in [5.74, 6) is 0.950. The molecule has 1 unspecified atom stereocenters. The third kappa shape index (κ3) is 7.74. The Morgan fingerprint density at radius 2 is 1.77 bits per heavy atom. The van der Waals surface area contributed by atoms with Crippen LogP contribution in [-0.4, -0.2) is 63.3 Å². The summed E-state index contributed by atoms with van der Waals surface area (Å²) in [4.78, 5) is 9.66. The first-order valence-corrected chi connectivity index (χ1v) is 17.9. The van der Waals surface area contributed by atoms with E-state index in [1.807, 2.05) is 18.3 Å². The Kier molecular flexibility index (Phi) is 10.5. The summed E-state index contributed by atoms with van der Waals surface area (Å²) in [5, 5.41) is 3.87. The van der Waals surface area contributed by atoms with Crippen LogP contribution in [0.1, 0.15) is 61.1 Å². The number of H-pyrrole nitrogens is 1. The summed E-state index contributed by atoms with van der Waals surface area (Å²) >= 11 is 1.58. The average Bonchev–Trinajstić information content (AvgIpc) is 3.53. The number of ether oxygens (including phenoxy) is 1. The predicted octanol–water partition coefficient (Wildman–Crippen LogP) is 4.97. The molecule has 1 saturated carbocycles. The molecule has 1 aliphatic carbocycles. The predicted molar refractivity (Wildman–Crippen MR) is 162 cm³/mol. The Balaban J connectivity index is 0.00000370. The van der Waals surface area contributed by atoms with Gasteiger partial charge in [-0.15, -0.1) is 23.7 Å². The van der Waals surface area contributed by atoms with Crippen molar-refractivity contribution in [3.63, 3.8) is 0 Å². The Morgan fingerprint density at radius 3 is 2.45 bits per heavy atom. The second-order valence-electron chi connectivity index (χ2n) is 10.5. The number of hydrogen-bond donors (Lipinski definition) is 2. The quantitative estimate of drug-likeness (QED) is 0.257. The number of nitrogens with one attached hydrogen (secondary N) is 2. The number of thiazole rings is 1. The van der Waals surface area contributed by atoms with E-state index in [9.17, 15) is 16.8 Å². The molecule has 1 aromatic carbocycles. The van der Waals surface area contributed by atoms with Crippen LogP contribution < -0.4 is 5.32 Å². The van der Waals surface area contributed by atoms with E-state index in [4.69, 9.17) is 4.74 Å². The van der Waals surface area contributed by atoms with Crippen LogP contribution in [0.15, 0.2) is 47.5 Å². The second kappa shape index (κ2) is 13.5. The van der Waals surface area contributed by atoms with Crippen molar-refractivity contribution in [1.82, 2.24) is 15.3 Å². The molecule has 3 heterocycles. The Hall–Kier alpha value is -1.76. The first-order chi connectivity index (χ1) is 18.7. The van der Waals surface area contributed by atoms with E-state index in [2.05, 4.69) is 27.4 Å². The van der Waals surface area contributed by atoms with Crippen LogP contribution in [0.4, 0.5) is 0 Å². The SMILES string of the molecule is CCS(=O)(=O)CCNCc1cnc(-c2ccc(C(CC3CCOCC3)c3ccc(S(=O)(=O)C4CC4)cc3)[nH]2)s1.Cl. The lowest BCUT2D eigenvalue weighted by Gasteiger charge is -2.27. The highest BCUT2D eigenvalue weighted by Gasteiger charge is 2.37. The van der Waals surface area contributed by atoms with Crippen molar-refractivity contribution in [2.45, 2.75) is 61.6 Å². The fourth-order valence-electron chi connectivity index (χ4n) is 5.06. The van der Waals surface area contributed by atoms with Gasteiger partial charge in [-0.1, -0.05) is 19.1 Å². The van der Waals surface area contributed by atoms with E-state index in [0.29, 0.717) is 23.9 Å². The molecule has 0 radical (unpaired) electrons. The van der Waals surface area contributed by atoms with Gasteiger partial charge in [0.25, 0.3) is 0 Å². The maximum atomic E-state index is 12.7. The number of aromatic amines is 1. The van der Waals surface area contributed by atoms with Crippen LogP contribution in [-0.2, 0) is 31.0 Å². The van der Waals surface area contributed by atoms with Crippen LogP contribution in [0.5, 0.6) is 0 Å². The standard InChI is InChI=1S/C28H37N3O5S3.ClH/c1-2-38(32,33)16-13-29-18-22-19-30-28(37-22)27-10-9-26(31-27)25(17-20-11-14-36-15-12-20)21-3-5-23(6-4-21)39(34,35)24-7-8-24;/h3-6,9-10,19-20,24-25,29,31H,2,7-8,11-18H2,1H3;1H. The molecule has 1 atom stereocenters. The molecule has 2 fully saturated rings. The second-order valence-corrected chi connectivity index (χ2v) is 16.3. The lowest BCUT2D eigenvalue weighted by Crippen LogP contribution is -2.23. The van der Waals surface area contributed by atoms with E-state index in [1.54, 1.807) is 30.4 Å². The van der Waals surface area contributed by atoms with Crippen molar-refractivity contribution in [2.24, 2.45) is 5.92 Å². The minimum absolute atomic E-state index is 0. The summed E-state index contributed by atoms with van der Waals surface area (Å²) < 4.78 is 54.4. The molecule has 2 N–H and O–H groups in total. The molecule has 3 aromatic rings. The summed E-state index contributed by atoms with van der Waals surface area (Å²) in [6.45, 7) is 4.23. The minimum Gasteiger partial charge on any atom is -0.381 e. The average molecular weight is 628 g/mol. The molecular weight excluding hydrogens is 590 g/mol. The van der Waals surface area contributed by atoms with Gasteiger partial charge in [0.1, 0.15) is 5.01 Å². The van der Waals surface area contributed by atoms with Crippen molar-refractivity contribution in [1.29, 1.82) is 0 Å². The number of rotatable bonds is 13. The van der Waals surface area contributed by atoms with Gasteiger partial charge >= 0.3 is 0 Å². The third-order valence-electron chi connectivity index (χ3n) is 7.68. The summed E-state index contributed by atoms with van der Waals surface area (Å²) in [7, 11) is -6.19. The monoisotopic (exact) mass is 627 g/mol. The van der Waals surface area contributed by atoms with Gasteiger partial charge in [0.05, 0.1) is 21.6 Å². The van der Waals surface area contributed by atoms with Gasteiger partial charge in [-0.2, -0.15) is 0 Å². The van der Waals surface area contributed by atoms with Gasteiger partial charge in [0.15, 0.2) is 19.7 Å². The van der Waals surface area contributed by atoms with Gasteiger partial charge in [0.2, 0.25) is 0 Å². The molecule has 40 heavy (non-hydrogen) atoms. The summed E-state index contributed by atoms with van der Waals surface area (Å²) in [5.41, 5.74) is 3.14. The number of halogens is 1. The zero-order valence-corrected chi connectivity index (χ0v) is 25.9. The zero-order chi connectivity index (χ0) is 27.5. The number of benzene rings is 1. The van der Waals surface area contributed by atoms with Crippen molar-refractivity contribution in [2.75, 3.05) is 31.3 Å². The zero-order valence-electron chi connectivity index (χ0n) is 22.7. The maximum Gasteiger partial charge on any atom is 0.181 e. The molecule has 220 valence electrons. The maximum absolute atomic E-state index is 12.7. The van der Waals surface area contributed by atoms with E-state index in [0.717, 1.165) is 72.2 Å². The van der Waals surface area contributed by atoms with Crippen LogP contribution in [0.25, 0.3) is 10.7 Å². The number of nitrogens with zero attached hydrogens (tertiary/aromatic N) is 1. The Labute approximate surface area is 247 Å². The van der Waals surface area contributed by atoms with Crippen LogP contribution in [0.3, 0.4) is 0 Å². The molecule has 0 amide bonds. The lowest BCUT2D eigenvalue weighted by atomic mass is 9.83. The smallest absolute Gasteiger partial charge is 0.181 e. The van der Waals surface area contributed by atoms with Crippen molar-refractivity contribution in [3.05, 3.63) is 58.7 Å².